The number of carboxylic acids is 1. The van der Waals surface area contributed by atoms with Gasteiger partial charge in [-0.15, -0.1) is 0 Å². The lowest BCUT2D eigenvalue weighted by Crippen LogP contribution is -2.46. The Hall–Kier alpha value is -3.69. The van der Waals surface area contributed by atoms with Gasteiger partial charge >= 0.3 is 29.4 Å². The second-order valence-electron chi connectivity index (χ2n) is 12.5. The van der Waals surface area contributed by atoms with Crippen molar-refractivity contribution < 1.29 is 95.5 Å². The summed E-state index contributed by atoms with van der Waals surface area (Å²) in [5.41, 5.74) is 4.16. The third-order valence-corrected chi connectivity index (χ3v) is 11.4. The SMILES string of the molecule is CC(C)(COP(=O)(O)OP(=O)(O)OC[C@H]1O[C@@H](n2cnc3c(N)ncnc32)[C@H](O)[C@@H]1OP(=O)(O)O)[C@@H](O)C(=O)NCCC(=O)NCCSC(=O)C(O)=CC=CC(=O)O. The van der Waals surface area contributed by atoms with E-state index in [-0.39, 0.29) is 42.2 Å². The van der Waals surface area contributed by atoms with Gasteiger partial charge in [0.05, 0.1) is 19.5 Å². The number of anilines is 1. The molecule has 12 N–H and O–H groups in total. The molecule has 3 heterocycles. The fraction of sp³-hybridized carbons (Fsp3) is 0.519. The number of carboxylic acid groups (broad SMARTS) is 1. The number of nitrogen functional groups attached to an aromatic ring is 1. The number of imidazole rings is 1. The second kappa shape index (κ2) is 20.5. The zero-order chi connectivity index (χ0) is 43.6. The van der Waals surface area contributed by atoms with Crippen LogP contribution in [0.4, 0.5) is 5.82 Å². The predicted octanol–water partition coefficient (Wildman–Crippen LogP) is -1.25. The highest BCUT2D eigenvalue weighted by Crippen LogP contribution is 2.61. The molecule has 2 aromatic heterocycles. The number of phosphoric acid groups is 3. The summed E-state index contributed by atoms with van der Waals surface area (Å²) in [7, 11) is -16.5. The molecule has 1 fully saturated rings. The number of aromatic nitrogens is 4. The number of rotatable bonds is 22. The Morgan fingerprint density at radius 3 is 2.38 bits per heavy atom. The molecular formula is C27H40N7O20P3S. The second-order valence-corrected chi connectivity index (χ2v) is 17.8. The molecule has 2 aromatic rings. The summed E-state index contributed by atoms with van der Waals surface area (Å²) in [5.74, 6) is -3.63. The van der Waals surface area contributed by atoms with E-state index in [4.69, 9.17) is 24.6 Å². The molecule has 0 bridgehead atoms. The summed E-state index contributed by atoms with van der Waals surface area (Å²) < 4.78 is 61.9. The molecule has 0 spiro atoms. The number of carbonyl (C=O) groups excluding carboxylic acids is 3. The van der Waals surface area contributed by atoms with Gasteiger partial charge in [0.15, 0.2) is 23.5 Å². The highest BCUT2D eigenvalue weighted by molar-refractivity contribution is 8.14. The number of aliphatic carboxylic acids is 1. The smallest absolute Gasteiger partial charge is 0.481 e. The number of thioether (sulfide) groups is 1. The van der Waals surface area contributed by atoms with Crippen LogP contribution in [0.2, 0.25) is 0 Å². The van der Waals surface area contributed by atoms with Gasteiger partial charge in [0.25, 0.3) is 5.12 Å². The molecule has 0 aliphatic carbocycles. The van der Waals surface area contributed by atoms with Crippen LogP contribution in [0.5, 0.6) is 0 Å². The fourth-order valence-corrected chi connectivity index (χ4v) is 8.07. The van der Waals surface area contributed by atoms with Crippen LogP contribution in [0.15, 0.2) is 36.6 Å². The van der Waals surface area contributed by atoms with E-state index in [1.165, 1.54) is 13.8 Å². The zero-order valence-electron chi connectivity index (χ0n) is 30.1. The number of nitrogens with zero attached hydrogens (tertiary/aromatic N) is 4. The molecule has 1 aliphatic heterocycles. The first-order valence-electron chi connectivity index (χ1n) is 16.2. The van der Waals surface area contributed by atoms with Crippen molar-refractivity contribution in [3.8, 4) is 0 Å². The standard InChI is InChI=1S/C27H40N7O20P3S/c1-27(2,21(40)24(41)30-7-6-16(36)29-8-9-58-26(42)14(35)4-3-5-17(37)38)11-51-57(48,49)54-56(46,47)50-10-15-20(53-55(43,44)45)19(39)25(52-15)34-13-33-18-22(28)31-12-32-23(18)34/h3-5,12-13,15,19-21,25,35,39-40H,6-11H2,1-2H3,(H,29,36)(H,30,41)(H,37,38)(H,46,47)(H,48,49)(H2,28,31,32)(H2,43,44,45)/t15-,19-,20-,21+,25-/m1/s1. The summed E-state index contributed by atoms with van der Waals surface area (Å²) in [6.07, 6.45) is -4.67. The topological polar surface area (TPSA) is 421 Å². The van der Waals surface area contributed by atoms with Crippen molar-refractivity contribution in [3.63, 3.8) is 0 Å². The van der Waals surface area contributed by atoms with Gasteiger partial charge in [-0.1, -0.05) is 31.7 Å². The molecule has 58 heavy (non-hydrogen) atoms. The van der Waals surface area contributed by atoms with Gasteiger partial charge in [0.1, 0.15) is 36.3 Å². The summed E-state index contributed by atoms with van der Waals surface area (Å²) in [6, 6.07) is 0. The van der Waals surface area contributed by atoms with E-state index in [0.717, 1.165) is 29.4 Å². The molecule has 7 atom stereocenters. The monoisotopic (exact) mass is 907 g/mol. The van der Waals surface area contributed by atoms with Crippen molar-refractivity contribution in [3.05, 3.63) is 36.6 Å². The highest BCUT2D eigenvalue weighted by Gasteiger charge is 2.50. The maximum absolute atomic E-state index is 12.7. The molecule has 0 saturated carbocycles. The third-order valence-electron chi connectivity index (χ3n) is 7.44. The van der Waals surface area contributed by atoms with E-state index in [9.17, 15) is 67.8 Å². The summed E-state index contributed by atoms with van der Waals surface area (Å²) >= 11 is 0.638. The average molecular weight is 908 g/mol. The molecule has 3 rings (SSSR count). The molecular weight excluding hydrogens is 867 g/mol. The van der Waals surface area contributed by atoms with Crippen LogP contribution in [0, 0.1) is 5.41 Å². The Kier molecular flexibility index (Phi) is 17.2. The van der Waals surface area contributed by atoms with Crippen LogP contribution in [0.25, 0.3) is 11.2 Å². The Labute approximate surface area is 331 Å². The number of amides is 2. The van der Waals surface area contributed by atoms with Crippen LogP contribution >= 0.6 is 35.2 Å². The average Bonchev–Trinajstić information content (AvgIpc) is 3.67. The number of hydrogen-bond donors (Lipinski definition) is 11. The van der Waals surface area contributed by atoms with E-state index in [1.54, 1.807) is 0 Å². The van der Waals surface area contributed by atoms with Crippen LogP contribution in [-0.2, 0) is 55.5 Å². The molecule has 27 nitrogen and oxygen atoms in total. The van der Waals surface area contributed by atoms with E-state index in [2.05, 4.69) is 34.4 Å². The van der Waals surface area contributed by atoms with Crippen LogP contribution in [0.3, 0.4) is 0 Å². The van der Waals surface area contributed by atoms with Gasteiger partial charge in [-0.25, -0.2) is 33.4 Å². The Morgan fingerprint density at radius 2 is 1.72 bits per heavy atom. The van der Waals surface area contributed by atoms with Gasteiger partial charge < -0.3 is 61.1 Å². The Balaban J connectivity index is 1.47. The van der Waals surface area contributed by atoms with Gasteiger partial charge in [0.2, 0.25) is 11.8 Å². The first-order chi connectivity index (χ1) is 26.8. The minimum Gasteiger partial charge on any atom is -0.504 e. The van der Waals surface area contributed by atoms with Crippen LogP contribution < -0.4 is 16.4 Å². The van der Waals surface area contributed by atoms with Crippen LogP contribution in [-0.4, -0.2) is 139 Å². The number of aliphatic hydroxyl groups is 3. The van der Waals surface area contributed by atoms with Crippen molar-refractivity contribution in [2.24, 2.45) is 5.41 Å². The lowest BCUT2D eigenvalue weighted by Gasteiger charge is -2.30. The lowest BCUT2D eigenvalue weighted by molar-refractivity contribution is -0.137. The Bertz CT molecular complexity index is 2030. The summed E-state index contributed by atoms with van der Waals surface area (Å²) in [5, 5.41) is 43.4. The zero-order valence-corrected chi connectivity index (χ0v) is 33.6. The molecule has 324 valence electrons. The van der Waals surface area contributed by atoms with Crippen LogP contribution in [0.1, 0.15) is 26.5 Å². The first-order valence-corrected chi connectivity index (χ1v) is 21.7. The third kappa shape index (κ3) is 14.8. The minimum atomic E-state index is -5.60. The number of carbonyl (C=O) groups is 4. The lowest BCUT2D eigenvalue weighted by atomic mass is 9.87. The minimum absolute atomic E-state index is 0.0130. The van der Waals surface area contributed by atoms with Gasteiger partial charge in [-0.3, -0.25) is 32.5 Å². The molecule has 1 saturated heterocycles. The fourth-order valence-electron chi connectivity index (χ4n) is 4.64. The number of allylic oxidation sites excluding steroid dienone is 2. The van der Waals surface area contributed by atoms with E-state index >= 15 is 0 Å². The van der Waals surface area contributed by atoms with Crippen molar-refractivity contribution in [1.29, 1.82) is 0 Å². The summed E-state index contributed by atoms with van der Waals surface area (Å²) in [4.78, 5) is 97.6. The maximum Gasteiger partial charge on any atom is 0.481 e. The molecule has 0 radical (unpaired) electrons. The van der Waals surface area contributed by atoms with E-state index in [1.807, 2.05) is 0 Å². The number of nitrogens with one attached hydrogen (secondary N) is 2. The number of hydrogen-bond acceptors (Lipinski definition) is 20. The highest BCUT2D eigenvalue weighted by atomic mass is 32.2. The maximum atomic E-state index is 12.7. The molecule has 1 aliphatic rings. The van der Waals surface area contributed by atoms with Crippen molar-refractivity contribution in [1.82, 2.24) is 30.2 Å². The Morgan fingerprint density at radius 1 is 1.05 bits per heavy atom. The van der Waals surface area contributed by atoms with Gasteiger partial charge in [-0.2, -0.15) is 4.31 Å². The molecule has 31 heteroatoms. The van der Waals surface area contributed by atoms with E-state index < -0.39 is 101 Å². The number of fused-ring (bicyclic) bond motifs is 1. The van der Waals surface area contributed by atoms with Crippen molar-refractivity contribution >= 4 is 75.1 Å². The quantitative estimate of drug-likeness (QED) is 0.0216. The molecule has 2 amide bonds. The number of aliphatic hydroxyl groups excluding tert-OH is 3. The summed E-state index contributed by atoms with van der Waals surface area (Å²) in [6.45, 7) is 0.00577. The number of ether oxygens (including phenoxy) is 1. The number of nitrogens with two attached hydrogens (primary N) is 1. The molecule has 2 unspecified atom stereocenters. The van der Waals surface area contributed by atoms with Gasteiger partial charge in [-0.05, 0) is 6.08 Å². The van der Waals surface area contributed by atoms with Crippen molar-refractivity contribution in [2.45, 2.75) is 50.9 Å². The number of phosphoric ester groups is 3. The van der Waals surface area contributed by atoms with E-state index in [0.29, 0.717) is 17.8 Å². The predicted molar refractivity (Wildman–Crippen MR) is 195 cm³/mol. The van der Waals surface area contributed by atoms with Crippen molar-refractivity contribution in [2.75, 3.05) is 37.8 Å². The van der Waals surface area contributed by atoms with Gasteiger partial charge in [0, 0.05) is 36.8 Å². The normalized spacial score (nSPS) is 21.7. The first kappa shape index (κ1) is 48.7. The largest absolute Gasteiger partial charge is 0.504 e. The molecule has 0 aromatic carbocycles.